The van der Waals surface area contributed by atoms with Gasteiger partial charge in [0.1, 0.15) is 0 Å². The average molecular weight is 304 g/mol. The van der Waals surface area contributed by atoms with Crippen molar-refractivity contribution >= 4 is 5.91 Å². The lowest BCUT2D eigenvalue weighted by molar-refractivity contribution is -0.122. The van der Waals surface area contributed by atoms with Gasteiger partial charge in [0, 0.05) is 18.5 Å². The van der Waals surface area contributed by atoms with Gasteiger partial charge in [-0.25, -0.2) is 0 Å². The predicted molar refractivity (Wildman–Crippen MR) is 90.7 cm³/mol. The first-order chi connectivity index (χ1) is 10.8. The van der Waals surface area contributed by atoms with Crippen molar-refractivity contribution < 1.29 is 4.79 Å². The molecule has 3 aliphatic rings. The number of hydrogen-bond donors (Lipinski definition) is 1. The number of carbonyl (C=O) groups excluding carboxylic acids is 1. The van der Waals surface area contributed by atoms with E-state index in [1.165, 1.54) is 64.5 Å². The summed E-state index contributed by atoms with van der Waals surface area (Å²) < 4.78 is 0. The fourth-order valence-corrected chi connectivity index (χ4v) is 4.62. The van der Waals surface area contributed by atoms with Crippen LogP contribution in [0.25, 0.3) is 0 Å². The maximum absolute atomic E-state index is 12.3. The summed E-state index contributed by atoms with van der Waals surface area (Å²) in [6.07, 6.45) is 18.1. The van der Waals surface area contributed by atoms with Crippen molar-refractivity contribution in [3.05, 3.63) is 12.2 Å². The third kappa shape index (κ3) is 3.92. The van der Waals surface area contributed by atoms with E-state index < -0.39 is 0 Å². The van der Waals surface area contributed by atoms with E-state index in [0.717, 1.165) is 19.4 Å². The second-order valence-corrected chi connectivity index (χ2v) is 7.58. The fraction of sp³-hybridized carbons (Fsp3) is 0.842. The summed E-state index contributed by atoms with van der Waals surface area (Å²) in [5.74, 6) is 0.746. The Hall–Kier alpha value is -0.830. The van der Waals surface area contributed by atoms with E-state index in [4.69, 9.17) is 0 Å². The number of carbonyl (C=O) groups is 1. The molecular weight excluding hydrogens is 272 g/mol. The Bertz CT molecular complexity index is 392. The monoisotopic (exact) mass is 304 g/mol. The summed E-state index contributed by atoms with van der Waals surface area (Å²) in [7, 11) is 0. The Labute approximate surface area is 135 Å². The lowest BCUT2D eigenvalue weighted by Crippen LogP contribution is -2.58. The number of hydrogen-bond acceptors (Lipinski definition) is 2. The third-order valence-corrected chi connectivity index (χ3v) is 5.99. The topological polar surface area (TPSA) is 32.3 Å². The van der Waals surface area contributed by atoms with Crippen LogP contribution in [0.2, 0.25) is 0 Å². The minimum Gasteiger partial charge on any atom is -0.354 e. The van der Waals surface area contributed by atoms with Gasteiger partial charge >= 0.3 is 0 Å². The lowest BCUT2D eigenvalue weighted by atomic mass is 9.79. The Morgan fingerprint density at radius 1 is 1.09 bits per heavy atom. The van der Waals surface area contributed by atoms with Crippen molar-refractivity contribution in [1.29, 1.82) is 0 Å². The highest BCUT2D eigenvalue weighted by atomic mass is 16.1. The molecule has 1 atom stereocenters. The maximum Gasteiger partial charge on any atom is 0.220 e. The first kappa shape index (κ1) is 16.0. The molecule has 0 aromatic rings. The van der Waals surface area contributed by atoms with Crippen molar-refractivity contribution in [2.75, 3.05) is 19.6 Å². The van der Waals surface area contributed by atoms with Gasteiger partial charge in [-0.05, 0) is 57.5 Å². The molecule has 1 unspecified atom stereocenters. The van der Waals surface area contributed by atoms with Gasteiger partial charge in [-0.15, -0.1) is 0 Å². The molecule has 1 heterocycles. The molecule has 1 saturated heterocycles. The van der Waals surface area contributed by atoms with Crippen molar-refractivity contribution in [2.24, 2.45) is 5.92 Å². The Balaban J connectivity index is 1.55. The minimum atomic E-state index is 0.263. The minimum absolute atomic E-state index is 0.263. The average Bonchev–Trinajstić information content (AvgIpc) is 3.08. The van der Waals surface area contributed by atoms with Crippen LogP contribution in [0.3, 0.4) is 0 Å². The normalized spacial score (nSPS) is 28.6. The standard InChI is InChI=1S/C19H32N2O/c22-18(15-17-9-3-4-10-17)20-16-19(11-5-1-6-12-19)21-13-7-2-8-14-21/h3,9,17H,1-2,4-8,10-16H2,(H,20,22). The number of likely N-dealkylation sites (tertiary alicyclic amines) is 1. The number of nitrogens with zero attached hydrogens (tertiary/aromatic N) is 1. The summed E-state index contributed by atoms with van der Waals surface area (Å²) in [4.78, 5) is 15.0. The molecule has 3 rings (SSSR count). The summed E-state index contributed by atoms with van der Waals surface area (Å²) >= 11 is 0. The highest BCUT2D eigenvalue weighted by molar-refractivity contribution is 5.76. The van der Waals surface area contributed by atoms with Gasteiger partial charge < -0.3 is 5.32 Å². The zero-order valence-corrected chi connectivity index (χ0v) is 14.0. The van der Waals surface area contributed by atoms with E-state index in [2.05, 4.69) is 22.4 Å². The van der Waals surface area contributed by atoms with E-state index >= 15 is 0 Å². The van der Waals surface area contributed by atoms with Gasteiger partial charge in [0.15, 0.2) is 0 Å². The van der Waals surface area contributed by atoms with E-state index in [-0.39, 0.29) is 11.4 Å². The van der Waals surface area contributed by atoms with Crippen LogP contribution in [0.5, 0.6) is 0 Å². The summed E-state index contributed by atoms with van der Waals surface area (Å²) in [5, 5.41) is 3.30. The van der Waals surface area contributed by atoms with Crippen LogP contribution >= 0.6 is 0 Å². The molecule has 1 N–H and O–H groups in total. The molecule has 0 bridgehead atoms. The van der Waals surface area contributed by atoms with Crippen LogP contribution in [-0.2, 0) is 4.79 Å². The summed E-state index contributed by atoms with van der Waals surface area (Å²) in [5.41, 5.74) is 0.264. The summed E-state index contributed by atoms with van der Waals surface area (Å²) in [6, 6.07) is 0. The Kier molecular flexibility index (Phi) is 5.56. The number of rotatable bonds is 5. The molecule has 0 spiro atoms. The molecule has 0 aromatic carbocycles. The smallest absolute Gasteiger partial charge is 0.220 e. The van der Waals surface area contributed by atoms with Crippen LogP contribution in [0.4, 0.5) is 0 Å². The van der Waals surface area contributed by atoms with E-state index in [1.54, 1.807) is 0 Å². The van der Waals surface area contributed by atoms with Gasteiger partial charge in [-0.2, -0.15) is 0 Å². The fourth-order valence-electron chi connectivity index (χ4n) is 4.62. The molecule has 2 aliphatic carbocycles. The van der Waals surface area contributed by atoms with Crippen LogP contribution in [0.1, 0.15) is 70.6 Å². The first-order valence-corrected chi connectivity index (χ1v) is 9.47. The second-order valence-electron chi connectivity index (χ2n) is 7.58. The van der Waals surface area contributed by atoms with Crippen molar-refractivity contribution in [2.45, 2.75) is 76.2 Å². The Morgan fingerprint density at radius 3 is 2.50 bits per heavy atom. The molecule has 0 aromatic heterocycles. The maximum atomic E-state index is 12.3. The summed E-state index contributed by atoms with van der Waals surface area (Å²) in [6.45, 7) is 3.35. The third-order valence-electron chi connectivity index (χ3n) is 5.99. The highest BCUT2D eigenvalue weighted by Crippen LogP contribution is 2.35. The number of piperidine rings is 1. The van der Waals surface area contributed by atoms with Crippen molar-refractivity contribution in [3.63, 3.8) is 0 Å². The molecule has 0 radical (unpaired) electrons. The van der Waals surface area contributed by atoms with Crippen LogP contribution in [0, 0.1) is 5.92 Å². The lowest BCUT2D eigenvalue weighted by Gasteiger charge is -2.48. The highest BCUT2D eigenvalue weighted by Gasteiger charge is 2.38. The molecule has 3 heteroatoms. The van der Waals surface area contributed by atoms with E-state index in [1.807, 2.05) is 0 Å². The zero-order valence-electron chi connectivity index (χ0n) is 14.0. The van der Waals surface area contributed by atoms with Crippen molar-refractivity contribution in [1.82, 2.24) is 10.2 Å². The van der Waals surface area contributed by atoms with Gasteiger partial charge in [0.2, 0.25) is 5.91 Å². The largest absolute Gasteiger partial charge is 0.354 e. The molecule has 1 aliphatic heterocycles. The molecule has 124 valence electrons. The van der Waals surface area contributed by atoms with Gasteiger partial charge in [-0.3, -0.25) is 9.69 Å². The zero-order chi connectivity index (χ0) is 15.3. The SMILES string of the molecule is O=C(CC1C=CCC1)NCC1(N2CCCCC2)CCCCC1. The number of nitrogens with one attached hydrogen (secondary N) is 1. The molecule has 22 heavy (non-hydrogen) atoms. The predicted octanol–water partition coefficient (Wildman–Crippen LogP) is 3.65. The van der Waals surface area contributed by atoms with Gasteiger partial charge in [0.25, 0.3) is 0 Å². The van der Waals surface area contributed by atoms with E-state index in [9.17, 15) is 4.79 Å². The Morgan fingerprint density at radius 2 is 1.82 bits per heavy atom. The first-order valence-electron chi connectivity index (χ1n) is 9.47. The van der Waals surface area contributed by atoms with E-state index in [0.29, 0.717) is 12.3 Å². The number of allylic oxidation sites excluding steroid dienone is 2. The second kappa shape index (κ2) is 7.63. The van der Waals surface area contributed by atoms with Gasteiger partial charge in [-0.1, -0.05) is 37.8 Å². The van der Waals surface area contributed by atoms with Crippen LogP contribution in [-0.4, -0.2) is 36.0 Å². The van der Waals surface area contributed by atoms with Crippen LogP contribution < -0.4 is 5.32 Å². The quantitative estimate of drug-likeness (QED) is 0.786. The molecule has 2 fully saturated rings. The molecular formula is C19H32N2O. The molecule has 1 amide bonds. The molecule has 1 saturated carbocycles. The van der Waals surface area contributed by atoms with Gasteiger partial charge in [0.05, 0.1) is 0 Å². The molecule has 3 nitrogen and oxygen atoms in total. The van der Waals surface area contributed by atoms with Crippen LogP contribution in [0.15, 0.2) is 12.2 Å². The van der Waals surface area contributed by atoms with Crippen molar-refractivity contribution in [3.8, 4) is 0 Å². The number of amides is 1.